The van der Waals surface area contributed by atoms with Crippen LogP contribution in [0.5, 0.6) is 5.75 Å². The van der Waals surface area contributed by atoms with Crippen molar-refractivity contribution in [1.82, 2.24) is 9.21 Å². The standard InChI is InChI=1S/C23H30N2O5S/c1-16-13-25(17(2)15-26)31(28,29)23-11-10-20(19-8-6-5-7-9-19)12-21(23)30-22(16)14-24(4)18(3)27/h5-12,16-17,22,26H,13-15H2,1-4H3/t16-,17+,22-/m0/s1. The van der Waals surface area contributed by atoms with Gasteiger partial charge in [-0.25, -0.2) is 8.42 Å². The Morgan fingerprint density at radius 3 is 2.52 bits per heavy atom. The Hall–Kier alpha value is -2.42. The van der Waals surface area contributed by atoms with Crippen LogP contribution in [0.3, 0.4) is 0 Å². The molecule has 1 aliphatic heterocycles. The van der Waals surface area contributed by atoms with Gasteiger partial charge in [-0.2, -0.15) is 4.31 Å². The van der Waals surface area contributed by atoms with Gasteiger partial charge in [-0.3, -0.25) is 4.79 Å². The minimum absolute atomic E-state index is 0.0647. The number of carbonyl (C=O) groups is 1. The molecule has 0 unspecified atom stereocenters. The van der Waals surface area contributed by atoms with E-state index in [0.717, 1.165) is 11.1 Å². The zero-order chi connectivity index (χ0) is 22.8. The molecule has 0 spiro atoms. The summed E-state index contributed by atoms with van der Waals surface area (Å²) >= 11 is 0. The maximum Gasteiger partial charge on any atom is 0.247 e. The van der Waals surface area contributed by atoms with Crippen molar-refractivity contribution < 1.29 is 23.1 Å². The lowest BCUT2D eigenvalue weighted by atomic mass is 10.0. The second kappa shape index (κ2) is 9.38. The van der Waals surface area contributed by atoms with Gasteiger partial charge in [0.1, 0.15) is 16.7 Å². The van der Waals surface area contributed by atoms with Gasteiger partial charge in [0.25, 0.3) is 0 Å². The number of benzene rings is 2. The fraction of sp³-hybridized carbons (Fsp3) is 0.435. The molecular weight excluding hydrogens is 416 g/mol. The molecule has 168 valence electrons. The van der Waals surface area contributed by atoms with Gasteiger partial charge in [-0.05, 0) is 30.2 Å². The van der Waals surface area contributed by atoms with Crippen molar-refractivity contribution in [3.63, 3.8) is 0 Å². The topological polar surface area (TPSA) is 87.2 Å². The third kappa shape index (κ3) is 4.92. The summed E-state index contributed by atoms with van der Waals surface area (Å²) in [5.74, 6) is -0.0478. The van der Waals surface area contributed by atoms with Gasteiger partial charge in [-0.1, -0.05) is 43.3 Å². The highest BCUT2D eigenvalue weighted by Gasteiger charge is 2.38. The van der Waals surface area contributed by atoms with E-state index in [4.69, 9.17) is 4.74 Å². The number of carbonyl (C=O) groups excluding carboxylic acids is 1. The monoisotopic (exact) mass is 446 g/mol. The third-order valence-corrected chi connectivity index (χ3v) is 7.79. The number of hydrogen-bond acceptors (Lipinski definition) is 5. The van der Waals surface area contributed by atoms with Crippen LogP contribution in [0, 0.1) is 5.92 Å². The molecule has 3 rings (SSSR count). The van der Waals surface area contributed by atoms with Crippen molar-refractivity contribution in [1.29, 1.82) is 0 Å². The van der Waals surface area contributed by atoms with Crippen LogP contribution < -0.4 is 4.74 Å². The highest BCUT2D eigenvalue weighted by atomic mass is 32.2. The lowest BCUT2D eigenvalue weighted by Gasteiger charge is -2.37. The van der Waals surface area contributed by atoms with Crippen LogP contribution in [0.25, 0.3) is 11.1 Å². The quantitative estimate of drug-likeness (QED) is 0.763. The molecule has 0 aromatic heterocycles. The van der Waals surface area contributed by atoms with Gasteiger partial charge in [0.15, 0.2) is 0 Å². The molecule has 2 aromatic carbocycles. The Kier molecular flexibility index (Phi) is 7.03. The first-order chi connectivity index (χ1) is 14.6. The molecule has 1 N–H and O–H groups in total. The minimum atomic E-state index is -3.89. The highest BCUT2D eigenvalue weighted by Crippen LogP contribution is 2.36. The number of sulfonamides is 1. The number of aliphatic hydroxyl groups excluding tert-OH is 1. The van der Waals surface area contributed by atoms with Crippen molar-refractivity contribution in [3.8, 4) is 16.9 Å². The van der Waals surface area contributed by atoms with E-state index in [1.54, 1.807) is 37.1 Å². The van der Waals surface area contributed by atoms with Crippen LogP contribution >= 0.6 is 0 Å². The summed E-state index contributed by atoms with van der Waals surface area (Å²) in [5.41, 5.74) is 1.78. The van der Waals surface area contributed by atoms with E-state index in [9.17, 15) is 18.3 Å². The van der Waals surface area contributed by atoms with Gasteiger partial charge in [0, 0.05) is 32.5 Å². The molecule has 0 fully saturated rings. The molecule has 1 amide bonds. The summed E-state index contributed by atoms with van der Waals surface area (Å²) in [6.07, 6.45) is -0.414. The Morgan fingerprint density at radius 2 is 1.90 bits per heavy atom. The number of rotatable bonds is 5. The first kappa shape index (κ1) is 23.2. The highest BCUT2D eigenvalue weighted by molar-refractivity contribution is 7.89. The number of fused-ring (bicyclic) bond motifs is 1. The van der Waals surface area contributed by atoms with Crippen LogP contribution in [0.2, 0.25) is 0 Å². The molecule has 0 aliphatic carbocycles. The molecule has 1 heterocycles. The van der Waals surface area contributed by atoms with Gasteiger partial charge >= 0.3 is 0 Å². The zero-order valence-corrected chi connectivity index (χ0v) is 19.2. The van der Waals surface area contributed by atoms with Gasteiger partial charge in [0.05, 0.1) is 13.2 Å². The molecule has 7 nitrogen and oxygen atoms in total. The van der Waals surface area contributed by atoms with Crippen molar-refractivity contribution in [2.45, 2.75) is 37.8 Å². The number of nitrogens with zero attached hydrogens (tertiary/aromatic N) is 2. The van der Waals surface area contributed by atoms with Crippen LogP contribution in [0.4, 0.5) is 0 Å². The molecule has 0 radical (unpaired) electrons. The number of hydrogen-bond donors (Lipinski definition) is 1. The maximum atomic E-state index is 13.5. The lowest BCUT2D eigenvalue weighted by Crippen LogP contribution is -2.50. The van der Waals surface area contributed by atoms with E-state index >= 15 is 0 Å². The molecule has 31 heavy (non-hydrogen) atoms. The van der Waals surface area contributed by atoms with Crippen molar-refractivity contribution >= 4 is 15.9 Å². The number of aliphatic hydroxyl groups is 1. The average molecular weight is 447 g/mol. The van der Waals surface area contributed by atoms with Gasteiger partial charge in [0.2, 0.25) is 15.9 Å². The minimum Gasteiger partial charge on any atom is -0.487 e. The number of ether oxygens (including phenoxy) is 1. The van der Waals surface area contributed by atoms with Crippen molar-refractivity contribution in [3.05, 3.63) is 48.5 Å². The van der Waals surface area contributed by atoms with E-state index in [1.807, 2.05) is 37.3 Å². The van der Waals surface area contributed by atoms with Crippen LogP contribution in [0.15, 0.2) is 53.4 Å². The van der Waals surface area contributed by atoms with Crippen LogP contribution in [0.1, 0.15) is 20.8 Å². The molecule has 0 saturated heterocycles. The average Bonchev–Trinajstić information content (AvgIpc) is 2.75. The van der Waals surface area contributed by atoms with Crippen molar-refractivity contribution in [2.75, 3.05) is 26.7 Å². The molecule has 2 aromatic rings. The second-order valence-corrected chi connectivity index (χ2v) is 10.0. The molecule has 3 atom stereocenters. The molecular formula is C23H30N2O5S. The Morgan fingerprint density at radius 1 is 1.23 bits per heavy atom. The van der Waals surface area contributed by atoms with E-state index < -0.39 is 22.2 Å². The summed E-state index contributed by atoms with van der Waals surface area (Å²) in [7, 11) is -2.19. The Balaban J connectivity index is 2.13. The van der Waals surface area contributed by atoms with E-state index in [0.29, 0.717) is 6.54 Å². The first-order valence-corrected chi connectivity index (χ1v) is 11.8. The summed E-state index contributed by atoms with van der Waals surface area (Å²) in [4.78, 5) is 13.4. The summed E-state index contributed by atoms with van der Waals surface area (Å²) in [5, 5.41) is 9.70. The smallest absolute Gasteiger partial charge is 0.247 e. The predicted molar refractivity (Wildman–Crippen MR) is 119 cm³/mol. The fourth-order valence-corrected chi connectivity index (χ4v) is 5.48. The zero-order valence-electron chi connectivity index (χ0n) is 18.4. The largest absolute Gasteiger partial charge is 0.487 e. The van der Waals surface area contributed by atoms with Crippen LogP contribution in [-0.2, 0) is 14.8 Å². The molecule has 8 heteroatoms. The first-order valence-electron chi connectivity index (χ1n) is 10.4. The summed E-state index contributed by atoms with van der Waals surface area (Å²) in [6.45, 7) is 5.29. The molecule has 1 aliphatic rings. The maximum absolute atomic E-state index is 13.5. The van der Waals surface area contributed by atoms with E-state index in [-0.39, 0.29) is 35.6 Å². The molecule has 0 bridgehead atoms. The number of amides is 1. The van der Waals surface area contributed by atoms with E-state index in [2.05, 4.69) is 0 Å². The third-order valence-electron chi connectivity index (χ3n) is 5.77. The molecule has 0 saturated carbocycles. The summed E-state index contributed by atoms with van der Waals surface area (Å²) < 4.78 is 34.6. The SMILES string of the molecule is CC(=O)N(C)C[C@@H]1Oc2cc(-c3ccccc3)ccc2S(=O)(=O)N([C@H](C)CO)C[C@@H]1C. The lowest BCUT2D eigenvalue weighted by molar-refractivity contribution is -0.129. The van der Waals surface area contributed by atoms with Gasteiger partial charge < -0.3 is 14.7 Å². The second-order valence-electron chi connectivity index (χ2n) is 8.17. The predicted octanol–water partition coefficient (Wildman–Crippen LogP) is 2.60. The van der Waals surface area contributed by atoms with Crippen LogP contribution in [-0.4, -0.2) is 67.5 Å². The van der Waals surface area contributed by atoms with Gasteiger partial charge in [-0.15, -0.1) is 0 Å². The van der Waals surface area contributed by atoms with Crippen molar-refractivity contribution in [2.24, 2.45) is 5.92 Å². The normalized spacial score (nSPS) is 21.8. The Bertz CT molecular complexity index is 1030. The number of likely N-dealkylation sites (N-methyl/N-ethyl adjacent to an activating group) is 1. The fourth-order valence-electron chi connectivity index (χ4n) is 3.65. The summed E-state index contributed by atoms with van der Waals surface area (Å²) in [6, 6.07) is 14.1. The van der Waals surface area contributed by atoms with E-state index in [1.165, 1.54) is 11.2 Å². The Labute approximate surface area is 184 Å².